The van der Waals surface area contributed by atoms with Crippen molar-refractivity contribution >= 4 is 41.3 Å². The summed E-state index contributed by atoms with van der Waals surface area (Å²) in [5.41, 5.74) is 3.94. The molecule has 2 aromatic carbocycles. The monoisotopic (exact) mass is 604 g/mol. The third-order valence-corrected chi connectivity index (χ3v) is 7.41. The Labute approximate surface area is 251 Å². The summed E-state index contributed by atoms with van der Waals surface area (Å²) >= 11 is 6.20. The van der Waals surface area contributed by atoms with Gasteiger partial charge in [-0.2, -0.15) is 4.68 Å². The van der Waals surface area contributed by atoms with Crippen LogP contribution in [0, 0.1) is 5.92 Å². The van der Waals surface area contributed by atoms with Gasteiger partial charge in [0, 0.05) is 27.9 Å². The minimum atomic E-state index is -0.892. The van der Waals surface area contributed by atoms with E-state index in [4.69, 9.17) is 16.3 Å². The molecule has 0 saturated heterocycles. The smallest absolute Gasteiger partial charge is 0.411 e. The molecule has 4 N–H and O–H groups in total. The van der Waals surface area contributed by atoms with Gasteiger partial charge in [-0.05, 0) is 71.7 Å². The van der Waals surface area contributed by atoms with Gasteiger partial charge in [0.2, 0.25) is 5.91 Å². The van der Waals surface area contributed by atoms with Crippen LogP contribution in [0.4, 0.5) is 10.5 Å². The van der Waals surface area contributed by atoms with E-state index in [2.05, 4.69) is 36.1 Å². The van der Waals surface area contributed by atoms with Crippen molar-refractivity contribution in [2.45, 2.75) is 38.1 Å². The Bertz CT molecular complexity index is 1650. The lowest BCUT2D eigenvalue weighted by atomic mass is 9.90. The maximum Gasteiger partial charge on any atom is 0.411 e. The number of aromatic amines is 1. The maximum absolute atomic E-state index is 13.1. The van der Waals surface area contributed by atoms with Crippen molar-refractivity contribution in [2.24, 2.45) is 5.92 Å². The molecule has 1 aliphatic heterocycles. The number of carboxylic acid groups (broad SMARTS) is 1. The van der Waals surface area contributed by atoms with Crippen LogP contribution < -0.4 is 10.6 Å². The van der Waals surface area contributed by atoms with Gasteiger partial charge >= 0.3 is 12.1 Å². The van der Waals surface area contributed by atoms with Crippen LogP contribution in [0.15, 0.2) is 55.0 Å². The Morgan fingerprint density at radius 3 is 2.77 bits per heavy atom. The van der Waals surface area contributed by atoms with Crippen molar-refractivity contribution in [3.8, 4) is 16.9 Å². The molecular formula is C29H29ClN8O5. The first kappa shape index (κ1) is 29.5. The molecule has 14 heteroatoms. The zero-order chi connectivity index (χ0) is 30.3. The summed E-state index contributed by atoms with van der Waals surface area (Å²) in [4.78, 5) is 44.9. The van der Waals surface area contributed by atoms with Gasteiger partial charge in [0.15, 0.2) is 0 Å². The molecule has 0 fully saturated rings. The number of aromatic nitrogens is 6. The third kappa shape index (κ3) is 7.25. The second-order valence-corrected chi connectivity index (χ2v) is 10.5. The number of hydrogen-bond donors (Lipinski definition) is 4. The zero-order valence-corrected chi connectivity index (χ0v) is 23.9. The molecule has 1 unspecified atom stereocenters. The van der Waals surface area contributed by atoms with Gasteiger partial charge < -0.3 is 20.1 Å². The van der Waals surface area contributed by atoms with Crippen molar-refractivity contribution in [3.05, 3.63) is 77.0 Å². The van der Waals surface area contributed by atoms with Crippen LogP contribution in [0.25, 0.3) is 23.0 Å². The van der Waals surface area contributed by atoms with Gasteiger partial charge in [-0.3, -0.25) is 14.9 Å². The lowest BCUT2D eigenvalue weighted by molar-refractivity contribution is -0.142. The van der Waals surface area contributed by atoms with Crippen LogP contribution in [0.2, 0.25) is 5.02 Å². The summed E-state index contributed by atoms with van der Waals surface area (Å²) in [7, 11) is 1.27. The summed E-state index contributed by atoms with van der Waals surface area (Å²) in [5.74, 6) is -1.29. The van der Waals surface area contributed by atoms with E-state index in [0.717, 1.165) is 11.1 Å². The van der Waals surface area contributed by atoms with E-state index < -0.39 is 24.0 Å². The van der Waals surface area contributed by atoms with Crippen LogP contribution in [-0.4, -0.2) is 60.4 Å². The van der Waals surface area contributed by atoms with Crippen molar-refractivity contribution in [3.63, 3.8) is 0 Å². The molecule has 0 radical (unpaired) electrons. The number of hydrogen-bond acceptors (Lipinski definition) is 8. The molecule has 2 amide bonds. The number of carbonyl (C=O) groups excluding carboxylic acids is 2. The van der Waals surface area contributed by atoms with Crippen LogP contribution in [-0.2, 0) is 20.7 Å². The van der Waals surface area contributed by atoms with E-state index in [1.54, 1.807) is 48.7 Å². The minimum Gasteiger partial charge on any atom is -0.481 e. The first-order valence-corrected chi connectivity index (χ1v) is 14.0. The number of carbonyl (C=O) groups is 3. The maximum atomic E-state index is 13.1. The van der Waals surface area contributed by atoms with Gasteiger partial charge in [0.1, 0.15) is 12.2 Å². The molecule has 43 heavy (non-hydrogen) atoms. The normalized spacial score (nSPS) is 16.9. The number of imidazole rings is 1. The summed E-state index contributed by atoms with van der Waals surface area (Å²) in [6.07, 6.45) is 8.12. The van der Waals surface area contributed by atoms with E-state index >= 15 is 0 Å². The van der Waals surface area contributed by atoms with E-state index in [9.17, 15) is 19.5 Å². The standard InChI is InChI=1S/C29H29ClN8O5/c1-43-29(42)33-21-8-9-22-19(14-21)12-18(28(40)41)4-2-3-5-23(27-31-15-24(22)35-27)34-26(39)11-6-17-13-20(30)7-10-25(17)38-16-32-36-37-38/h6-11,13-16,18,23H,2-5,12H2,1H3,(H,31,35)(H,33,42)(H,34,39)(H,40,41)/b11-6+/t18?,23-/m0/s1. The molecular weight excluding hydrogens is 576 g/mol. The van der Waals surface area contributed by atoms with Crippen LogP contribution in [0.3, 0.4) is 0 Å². The number of amides is 2. The highest BCUT2D eigenvalue weighted by Crippen LogP contribution is 2.32. The number of fused-ring (bicyclic) bond motifs is 4. The first-order chi connectivity index (χ1) is 20.8. The largest absolute Gasteiger partial charge is 0.481 e. The van der Waals surface area contributed by atoms with Crippen molar-refractivity contribution in [1.82, 2.24) is 35.5 Å². The second kappa shape index (κ2) is 13.3. The topological polar surface area (TPSA) is 177 Å². The molecule has 5 rings (SSSR count). The highest BCUT2D eigenvalue weighted by molar-refractivity contribution is 6.30. The lowest BCUT2D eigenvalue weighted by Gasteiger charge is -2.19. The number of carboxylic acids is 1. The van der Waals surface area contributed by atoms with Gasteiger partial charge in [-0.1, -0.05) is 30.5 Å². The van der Waals surface area contributed by atoms with E-state index in [1.807, 2.05) is 0 Å². The number of tetrazole rings is 1. The number of rotatable bonds is 6. The number of aliphatic carboxylic acids is 1. The molecule has 13 nitrogen and oxygen atoms in total. The molecule has 2 atom stereocenters. The van der Waals surface area contributed by atoms with Crippen LogP contribution in [0.1, 0.15) is 48.7 Å². The SMILES string of the molecule is COC(=O)Nc1ccc2c(c1)CC(C(=O)O)CCCC[C@H](NC(=O)/C=C/c1cc(Cl)ccc1-n1cnnn1)c1ncc-2[nH]1. The Hall–Kier alpha value is -5.04. The highest BCUT2D eigenvalue weighted by atomic mass is 35.5. The van der Waals surface area contributed by atoms with Crippen LogP contribution >= 0.6 is 11.6 Å². The predicted octanol–water partition coefficient (Wildman–Crippen LogP) is 4.57. The molecule has 4 aromatic rings. The van der Waals surface area contributed by atoms with E-state index in [1.165, 1.54) is 24.2 Å². The number of ether oxygens (including phenoxy) is 1. The fraction of sp³-hybridized carbons (Fsp3) is 0.276. The Morgan fingerprint density at radius 2 is 2.00 bits per heavy atom. The summed E-state index contributed by atoms with van der Waals surface area (Å²) in [6, 6.07) is 9.98. The number of benzene rings is 2. The van der Waals surface area contributed by atoms with Crippen molar-refractivity contribution in [2.75, 3.05) is 12.4 Å². The van der Waals surface area contributed by atoms with Gasteiger partial charge in [0.25, 0.3) is 0 Å². The lowest BCUT2D eigenvalue weighted by Crippen LogP contribution is -2.28. The number of methoxy groups -OCH3 is 1. The Balaban J connectivity index is 1.41. The predicted molar refractivity (Wildman–Crippen MR) is 157 cm³/mol. The fourth-order valence-corrected chi connectivity index (χ4v) is 5.22. The Morgan fingerprint density at radius 1 is 1.16 bits per heavy atom. The Kier molecular flexibility index (Phi) is 9.11. The molecule has 2 bridgehead atoms. The van der Waals surface area contributed by atoms with Crippen molar-refractivity contribution in [1.29, 1.82) is 0 Å². The average Bonchev–Trinajstić information content (AvgIpc) is 3.70. The summed E-state index contributed by atoms with van der Waals surface area (Å²) in [6.45, 7) is 0. The van der Waals surface area contributed by atoms with Crippen LogP contribution in [0.5, 0.6) is 0 Å². The number of nitrogens with one attached hydrogen (secondary N) is 3. The van der Waals surface area contributed by atoms with Crippen molar-refractivity contribution < 1.29 is 24.2 Å². The minimum absolute atomic E-state index is 0.275. The van der Waals surface area contributed by atoms with Gasteiger partial charge in [-0.25, -0.2) is 9.78 Å². The summed E-state index contributed by atoms with van der Waals surface area (Å²) in [5, 5.41) is 27.3. The molecule has 1 aliphatic rings. The van der Waals surface area contributed by atoms with E-state index in [-0.39, 0.29) is 12.3 Å². The second-order valence-electron chi connectivity index (χ2n) is 10.0. The quantitative estimate of drug-likeness (QED) is 0.229. The average molecular weight is 605 g/mol. The first-order valence-electron chi connectivity index (χ1n) is 13.6. The number of halogens is 1. The van der Waals surface area contributed by atoms with E-state index in [0.29, 0.717) is 59.2 Å². The molecule has 3 heterocycles. The molecule has 2 aromatic heterocycles. The number of H-pyrrole nitrogens is 1. The number of nitrogens with zero attached hydrogens (tertiary/aromatic N) is 5. The summed E-state index contributed by atoms with van der Waals surface area (Å²) < 4.78 is 6.17. The number of anilines is 1. The molecule has 0 spiro atoms. The molecule has 222 valence electrons. The highest BCUT2D eigenvalue weighted by Gasteiger charge is 2.24. The van der Waals surface area contributed by atoms with Gasteiger partial charge in [-0.15, -0.1) is 5.10 Å². The zero-order valence-electron chi connectivity index (χ0n) is 23.2. The van der Waals surface area contributed by atoms with Gasteiger partial charge in [0.05, 0.1) is 36.6 Å². The molecule has 0 aliphatic carbocycles. The fourth-order valence-electron chi connectivity index (χ4n) is 5.04. The third-order valence-electron chi connectivity index (χ3n) is 7.18. The molecule has 0 saturated carbocycles.